The first kappa shape index (κ1) is 23.9. The molecule has 170 valence electrons. The van der Waals surface area contributed by atoms with Crippen molar-refractivity contribution in [2.24, 2.45) is 0 Å². The molecule has 0 fully saturated rings. The molecule has 1 heterocycles. The van der Waals surface area contributed by atoms with E-state index in [2.05, 4.69) is 0 Å². The number of ether oxygens (including phenoxy) is 1. The summed E-state index contributed by atoms with van der Waals surface area (Å²) < 4.78 is 48.0. The van der Waals surface area contributed by atoms with Crippen molar-refractivity contribution in [3.63, 3.8) is 0 Å². The van der Waals surface area contributed by atoms with Gasteiger partial charge in [-0.15, -0.1) is 11.3 Å². The summed E-state index contributed by atoms with van der Waals surface area (Å²) in [5, 5.41) is 11.1. The lowest BCUT2D eigenvalue weighted by Gasteiger charge is -2.29. The Hall–Kier alpha value is -2.79. The van der Waals surface area contributed by atoms with Crippen LogP contribution in [0.1, 0.15) is 16.0 Å². The van der Waals surface area contributed by atoms with Crippen LogP contribution in [0.5, 0.6) is 5.75 Å². The molecule has 3 aromatic rings. The van der Waals surface area contributed by atoms with E-state index in [4.69, 9.17) is 4.74 Å². The molecule has 0 bridgehead atoms. The van der Waals surface area contributed by atoms with Crippen LogP contribution in [-0.2, 0) is 27.8 Å². The lowest BCUT2D eigenvalue weighted by molar-refractivity contribution is -0.133. The monoisotopic (exact) mass is 478 g/mol. The Morgan fingerprint density at radius 3 is 2.50 bits per heavy atom. The molecule has 0 aliphatic carbocycles. The highest BCUT2D eigenvalue weighted by Gasteiger charge is 2.37. The van der Waals surface area contributed by atoms with Gasteiger partial charge in [0.15, 0.2) is 0 Å². The number of rotatable bonds is 9. The zero-order chi connectivity index (χ0) is 23.3. The second-order valence-electron chi connectivity index (χ2n) is 7.05. The molecule has 0 unspecified atom stereocenters. The normalized spacial score (nSPS) is 12.5. The van der Waals surface area contributed by atoms with Crippen LogP contribution < -0.4 is 10.2 Å². The molecule has 0 saturated heterocycles. The molecule has 1 amide bonds. The molecule has 0 radical (unpaired) electrons. The van der Waals surface area contributed by atoms with Gasteiger partial charge in [-0.1, -0.05) is 24.3 Å². The molecule has 1 aromatic heterocycles. The molecule has 0 aliphatic heterocycles. The fourth-order valence-corrected chi connectivity index (χ4v) is 5.57. The van der Waals surface area contributed by atoms with Gasteiger partial charge in [0.05, 0.1) is 12.0 Å². The van der Waals surface area contributed by atoms with Gasteiger partial charge in [-0.05, 0) is 48.2 Å². The van der Waals surface area contributed by atoms with Gasteiger partial charge in [0.2, 0.25) is 10.0 Å². The van der Waals surface area contributed by atoms with Crippen molar-refractivity contribution in [1.82, 2.24) is 9.79 Å². The number of carbonyl (C=O) groups excluding carboxylic acids is 1. The maximum absolute atomic E-state index is 14.8. The van der Waals surface area contributed by atoms with E-state index in [1.807, 2.05) is 0 Å². The van der Waals surface area contributed by atoms with Gasteiger partial charge in [0.25, 0.3) is 5.91 Å². The van der Waals surface area contributed by atoms with E-state index < -0.39 is 34.3 Å². The molecule has 0 aliphatic rings. The quantitative estimate of drug-likeness (QED) is 0.363. The second-order valence-corrected chi connectivity index (χ2v) is 9.97. The first-order valence-corrected chi connectivity index (χ1v) is 12.0. The van der Waals surface area contributed by atoms with Crippen LogP contribution in [0.3, 0.4) is 0 Å². The minimum atomic E-state index is -4.27. The largest absolute Gasteiger partial charge is 0.497 e. The third-order valence-electron chi connectivity index (χ3n) is 5.00. The molecule has 0 saturated carbocycles. The number of halogens is 1. The standard InChI is InChI=1S/C22H23FN2O5S2/c1-15-5-3-6-16(21(15)23)14-25(20(22(26)24-27)13-18-7-4-12-31-18)32(28,29)19-10-8-17(30-2)9-11-19/h3-12,20,27H,13-14H2,1-2H3,(H,24,26)/t20-/m1/s1. The van der Waals surface area contributed by atoms with Crippen LogP contribution in [0.25, 0.3) is 0 Å². The minimum Gasteiger partial charge on any atom is -0.497 e. The van der Waals surface area contributed by atoms with Crippen LogP contribution in [0.2, 0.25) is 0 Å². The van der Waals surface area contributed by atoms with E-state index in [1.54, 1.807) is 42.0 Å². The van der Waals surface area contributed by atoms with Crippen molar-refractivity contribution >= 4 is 27.3 Å². The molecule has 7 nitrogen and oxygen atoms in total. The summed E-state index contributed by atoms with van der Waals surface area (Å²) in [5.74, 6) is -1.01. The number of benzene rings is 2. The Kier molecular flexibility index (Phi) is 7.62. The molecule has 2 N–H and O–H groups in total. The zero-order valence-electron chi connectivity index (χ0n) is 17.5. The van der Waals surface area contributed by atoms with Crippen molar-refractivity contribution in [3.05, 3.63) is 81.8 Å². The topological polar surface area (TPSA) is 95.9 Å². The fraction of sp³-hybridized carbons (Fsp3) is 0.227. The fourth-order valence-electron chi connectivity index (χ4n) is 3.26. The molecule has 32 heavy (non-hydrogen) atoms. The molecule has 3 rings (SSSR count). The molecule has 10 heteroatoms. The van der Waals surface area contributed by atoms with Gasteiger partial charge < -0.3 is 4.74 Å². The van der Waals surface area contributed by atoms with Gasteiger partial charge in [-0.25, -0.2) is 18.3 Å². The Morgan fingerprint density at radius 2 is 1.91 bits per heavy atom. The van der Waals surface area contributed by atoms with Gasteiger partial charge >= 0.3 is 0 Å². The maximum Gasteiger partial charge on any atom is 0.262 e. The summed E-state index contributed by atoms with van der Waals surface area (Å²) in [6.45, 7) is 1.18. The summed E-state index contributed by atoms with van der Waals surface area (Å²) in [6, 6.07) is 12.6. The number of hydrogen-bond acceptors (Lipinski definition) is 6. The highest BCUT2D eigenvalue weighted by atomic mass is 32.2. The number of nitrogens with one attached hydrogen (secondary N) is 1. The number of carbonyl (C=O) groups is 1. The van der Waals surface area contributed by atoms with E-state index >= 15 is 0 Å². The predicted molar refractivity (Wildman–Crippen MR) is 119 cm³/mol. The summed E-state index contributed by atoms with van der Waals surface area (Å²) in [5.41, 5.74) is 2.02. The van der Waals surface area contributed by atoms with E-state index in [0.717, 1.165) is 9.18 Å². The third kappa shape index (κ3) is 5.16. The smallest absolute Gasteiger partial charge is 0.262 e. The van der Waals surface area contributed by atoms with Gasteiger partial charge in [0, 0.05) is 23.4 Å². The number of aryl methyl sites for hydroxylation is 1. The van der Waals surface area contributed by atoms with Crippen molar-refractivity contribution in [3.8, 4) is 5.75 Å². The first-order chi connectivity index (χ1) is 15.3. The minimum absolute atomic E-state index is 0.00682. The van der Waals surface area contributed by atoms with Gasteiger partial charge in [-0.3, -0.25) is 10.0 Å². The number of hydroxylamine groups is 1. The molecule has 0 spiro atoms. The highest BCUT2D eigenvalue weighted by Crippen LogP contribution is 2.27. The summed E-state index contributed by atoms with van der Waals surface area (Å²) >= 11 is 1.35. The maximum atomic E-state index is 14.8. The number of methoxy groups -OCH3 is 1. The number of amides is 1. The lowest BCUT2D eigenvalue weighted by atomic mass is 10.1. The van der Waals surface area contributed by atoms with Gasteiger partial charge in [-0.2, -0.15) is 4.31 Å². The van der Waals surface area contributed by atoms with Crippen LogP contribution >= 0.6 is 11.3 Å². The van der Waals surface area contributed by atoms with Crippen LogP contribution in [0, 0.1) is 12.7 Å². The van der Waals surface area contributed by atoms with E-state index in [1.165, 1.54) is 48.8 Å². The highest BCUT2D eigenvalue weighted by molar-refractivity contribution is 7.89. The number of thiophene rings is 1. The van der Waals surface area contributed by atoms with Crippen molar-refractivity contribution in [2.45, 2.75) is 30.8 Å². The van der Waals surface area contributed by atoms with Crippen LogP contribution in [0.15, 0.2) is 64.9 Å². The van der Waals surface area contributed by atoms with Crippen LogP contribution in [0.4, 0.5) is 4.39 Å². The Bertz CT molecular complexity index is 1170. The van der Waals surface area contributed by atoms with Crippen molar-refractivity contribution < 1.29 is 27.5 Å². The number of nitrogens with zero attached hydrogens (tertiary/aromatic N) is 1. The lowest BCUT2D eigenvalue weighted by Crippen LogP contribution is -2.49. The summed E-state index contributed by atoms with van der Waals surface area (Å²) in [7, 11) is -2.81. The first-order valence-electron chi connectivity index (χ1n) is 9.64. The van der Waals surface area contributed by atoms with Crippen molar-refractivity contribution in [2.75, 3.05) is 7.11 Å². The molecule has 2 aromatic carbocycles. The average molecular weight is 479 g/mol. The zero-order valence-corrected chi connectivity index (χ0v) is 19.1. The average Bonchev–Trinajstić information content (AvgIpc) is 3.31. The van der Waals surface area contributed by atoms with E-state index in [0.29, 0.717) is 11.3 Å². The van der Waals surface area contributed by atoms with E-state index in [-0.39, 0.29) is 16.9 Å². The Morgan fingerprint density at radius 1 is 1.19 bits per heavy atom. The number of hydrogen-bond donors (Lipinski definition) is 2. The van der Waals surface area contributed by atoms with Crippen LogP contribution in [-0.4, -0.2) is 37.0 Å². The third-order valence-corrected chi connectivity index (χ3v) is 7.77. The molecule has 1 atom stereocenters. The SMILES string of the molecule is COc1ccc(S(=O)(=O)N(Cc2cccc(C)c2F)[C@H](Cc2cccs2)C(=O)NO)cc1. The second kappa shape index (κ2) is 10.2. The molecular weight excluding hydrogens is 455 g/mol. The number of sulfonamides is 1. The Balaban J connectivity index is 2.11. The summed E-state index contributed by atoms with van der Waals surface area (Å²) in [4.78, 5) is 13.3. The van der Waals surface area contributed by atoms with Crippen molar-refractivity contribution in [1.29, 1.82) is 0 Å². The van der Waals surface area contributed by atoms with E-state index in [9.17, 15) is 22.8 Å². The predicted octanol–water partition coefficient (Wildman–Crippen LogP) is 3.51. The van der Waals surface area contributed by atoms with Gasteiger partial charge in [0.1, 0.15) is 17.6 Å². The molecular formula is C22H23FN2O5S2. The summed E-state index contributed by atoms with van der Waals surface area (Å²) in [6.07, 6.45) is 0.00682. The Labute approximate surface area is 190 Å².